The van der Waals surface area contributed by atoms with Gasteiger partial charge in [0.2, 0.25) is 0 Å². The Morgan fingerprint density at radius 2 is 2.11 bits per heavy atom. The van der Waals surface area contributed by atoms with Crippen LogP contribution in [0.25, 0.3) is 0 Å². The zero-order valence-electron chi connectivity index (χ0n) is 11.8. The van der Waals surface area contributed by atoms with Crippen molar-refractivity contribution >= 4 is 33.2 Å². The van der Waals surface area contributed by atoms with Crippen LogP contribution in [0.1, 0.15) is 38.7 Å². The Morgan fingerprint density at radius 1 is 1.32 bits per heavy atom. The number of anilines is 1. The Kier molecular flexibility index (Phi) is 5.58. The highest BCUT2D eigenvalue weighted by Crippen LogP contribution is 2.31. The molecule has 0 saturated carbocycles. The van der Waals surface area contributed by atoms with Crippen molar-refractivity contribution in [1.82, 2.24) is 0 Å². The number of benzene rings is 1. The molecule has 19 heavy (non-hydrogen) atoms. The second kappa shape index (κ2) is 6.99. The van der Waals surface area contributed by atoms with Gasteiger partial charge in [0.05, 0.1) is 0 Å². The van der Waals surface area contributed by atoms with Gasteiger partial charge in [-0.3, -0.25) is 0 Å². The van der Waals surface area contributed by atoms with Crippen molar-refractivity contribution in [3.63, 3.8) is 0 Å². The zero-order valence-corrected chi connectivity index (χ0v) is 14.2. The summed E-state index contributed by atoms with van der Waals surface area (Å²) in [5.41, 5.74) is 2.65. The maximum atomic E-state index is 6.17. The first-order valence-corrected chi connectivity index (χ1v) is 8.71. The molecular formula is C16H23BrClN. The summed E-state index contributed by atoms with van der Waals surface area (Å²) in [5.74, 6) is 1.67. The Labute approximate surface area is 130 Å². The number of halogens is 2. The van der Waals surface area contributed by atoms with Gasteiger partial charge >= 0.3 is 0 Å². The molecule has 1 unspecified atom stereocenters. The third-order valence-electron chi connectivity index (χ3n) is 4.25. The average Bonchev–Trinajstić information content (AvgIpc) is 2.64. The number of rotatable bonds is 3. The molecule has 106 valence electrons. The highest BCUT2D eigenvalue weighted by Gasteiger charge is 2.20. The first kappa shape index (κ1) is 15.2. The molecule has 1 aromatic rings. The molecule has 1 heterocycles. The molecule has 1 aliphatic rings. The molecule has 0 bridgehead atoms. The van der Waals surface area contributed by atoms with E-state index in [1.165, 1.54) is 30.5 Å². The van der Waals surface area contributed by atoms with Gasteiger partial charge in [0.1, 0.15) is 0 Å². The van der Waals surface area contributed by atoms with E-state index in [0.717, 1.165) is 35.3 Å². The van der Waals surface area contributed by atoms with E-state index in [1.54, 1.807) is 0 Å². The lowest BCUT2D eigenvalue weighted by Crippen LogP contribution is -2.25. The Bertz CT molecular complexity index is 419. The lowest BCUT2D eigenvalue weighted by atomic mass is 9.89. The van der Waals surface area contributed by atoms with Crippen molar-refractivity contribution < 1.29 is 0 Å². The normalized spacial score (nSPS) is 20.7. The summed E-state index contributed by atoms with van der Waals surface area (Å²) in [6.45, 7) is 7.01. The van der Waals surface area contributed by atoms with Crippen LogP contribution in [0, 0.1) is 11.8 Å². The van der Waals surface area contributed by atoms with Gasteiger partial charge in [-0.2, -0.15) is 0 Å². The smallest absolute Gasteiger partial charge is 0.0426 e. The van der Waals surface area contributed by atoms with E-state index in [-0.39, 0.29) is 0 Å². The molecule has 0 spiro atoms. The second-order valence-corrected chi connectivity index (χ2v) is 6.83. The zero-order chi connectivity index (χ0) is 13.8. The van der Waals surface area contributed by atoms with Gasteiger partial charge < -0.3 is 4.90 Å². The predicted octanol–water partition coefficient (Wildman–Crippen LogP) is 5.50. The summed E-state index contributed by atoms with van der Waals surface area (Å²) >= 11 is 9.76. The third-order valence-corrected chi connectivity index (χ3v) is 5.09. The topological polar surface area (TPSA) is 3.24 Å². The molecule has 2 rings (SSSR count). The van der Waals surface area contributed by atoms with Crippen molar-refractivity contribution in [2.24, 2.45) is 11.8 Å². The average molecular weight is 345 g/mol. The fourth-order valence-electron chi connectivity index (χ4n) is 2.97. The molecular weight excluding hydrogens is 322 g/mol. The molecule has 1 aromatic carbocycles. The van der Waals surface area contributed by atoms with Gasteiger partial charge in [-0.1, -0.05) is 47.4 Å². The Balaban J connectivity index is 2.16. The minimum atomic E-state index is 0.801. The van der Waals surface area contributed by atoms with Crippen molar-refractivity contribution in [3.05, 3.63) is 28.8 Å². The molecule has 1 nitrogen and oxygen atoms in total. The molecule has 1 saturated heterocycles. The fourth-order valence-corrected chi connectivity index (χ4v) is 3.61. The third kappa shape index (κ3) is 3.88. The second-order valence-electron chi connectivity index (χ2n) is 5.83. The van der Waals surface area contributed by atoms with Crippen LogP contribution in [0.4, 0.5) is 5.69 Å². The van der Waals surface area contributed by atoms with Crippen LogP contribution in [-0.2, 0) is 5.33 Å². The lowest BCUT2D eigenvalue weighted by Gasteiger charge is -2.26. The first-order chi connectivity index (χ1) is 9.11. The van der Waals surface area contributed by atoms with E-state index >= 15 is 0 Å². The Hall–Kier alpha value is -0.210. The first-order valence-electron chi connectivity index (χ1n) is 7.21. The van der Waals surface area contributed by atoms with Gasteiger partial charge in [0.25, 0.3) is 0 Å². The lowest BCUT2D eigenvalue weighted by molar-refractivity contribution is 0.351. The Morgan fingerprint density at radius 3 is 2.79 bits per heavy atom. The SMILES string of the molecule is CC(C)C1CCCN(c2cc(Cl)ccc2CBr)CC1. The summed E-state index contributed by atoms with van der Waals surface area (Å²) in [7, 11) is 0. The molecule has 0 radical (unpaired) electrons. The minimum Gasteiger partial charge on any atom is -0.371 e. The summed E-state index contributed by atoms with van der Waals surface area (Å²) < 4.78 is 0. The monoisotopic (exact) mass is 343 g/mol. The highest BCUT2D eigenvalue weighted by molar-refractivity contribution is 9.08. The quantitative estimate of drug-likeness (QED) is 0.655. The number of hydrogen-bond donors (Lipinski definition) is 0. The summed E-state index contributed by atoms with van der Waals surface area (Å²) in [6, 6.07) is 6.24. The van der Waals surface area contributed by atoms with Crippen LogP contribution in [0.2, 0.25) is 5.02 Å². The van der Waals surface area contributed by atoms with Crippen LogP contribution in [-0.4, -0.2) is 13.1 Å². The minimum absolute atomic E-state index is 0.801. The molecule has 3 heteroatoms. The van der Waals surface area contributed by atoms with Gasteiger partial charge in [0, 0.05) is 29.1 Å². The standard InChI is InChI=1S/C16H23BrClN/c1-12(2)13-4-3-8-19(9-7-13)16-10-15(18)6-5-14(16)11-17/h5-6,10,12-13H,3-4,7-9,11H2,1-2H3. The molecule has 0 aliphatic carbocycles. The van der Waals surface area contributed by atoms with E-state index in [4.69, 9.17) is 11.6 Å². The largest absolute Gasteiger partial charge is 0.371 e. The van der Waals surface area contributed by atoms with E-state index in [2.05, 4.69) is 46.8 Å². The van der Waals surface area contributed by atoms with Crippen LogP contribution in [0.3, 0.4) is 0 Å². The maximum absolute atomic E-state index is 6.17. The van der Waals surface area contributed by atoms with Crippen molar-refractivity contribution in [2.75, 3.05) is 18.0 Å². The summed E-state index contributed by atoms with van der Waals surface area (Å²) in [4.78, 5) is 2.52. The van der Waals surface area contributed by atoms with Crippen molar-refractivity contribution in [2.45, 2.75) is 38.4 Å². The van der Waals surface area contributed by atoms with Crippen LogP contribution in [0.5, 0.6) is 0 Å². The number of nitrogens with zero attached hydrogens (tertiary/aromatic N) is 1. The summed E-state index contributed by atoms with van der Waals surface area (Å²) in [6.07, 6.45) is 3.95. The molecule has 1 aliphatic heterocycles. The predicted molar refractivity (Wildman–Crippen MR) is 88.5 cm³/mol. The van der Waals surface area contributed by atoms with Gasteiger partial charge in [-0.15, -0.1) is 0 Å². The highest BCUT2D eigenvalue weighted by atomic mass is 79.9. The molecule has 0 aromatic heterocycles. The van der Waals surface area contributed by atoms with Gasteiger partial charge in [-0.05, 0) is 48.8 Å². The molecule has 0 N–H and O–H groups in total. The summed E-state index contributed by atoms with van der Waals surface area (Å²) in [5, 5.41) is 1.73. The molecule has 1 atom stereocenters. The van der Waals surface area contributed by atoms with E-state index < -0.39 is 0 Å². The molecule has 0 amide bonds. The van der Waals surface area contributed by atoms with Gasteiger partial charge in [-0.25, -0.2) is 0 Å². The van der Waals surface area contributed by atoms with E-state index in [9.17, 15) is 0 Å². The number of alkyl halides is 1. The number of hydrogen-bond acceptors (Lipinski definition) is 1. The van der Waals surface area contributed by atoms with Crippen molar-refractivity contribution in [1.29, 1.82) is 0 Å². The van der Waals surface area contributed by atoms with E-state index in [0.29, 0.717) is 0 Å². The van der Waals surface area contributed by atoms with Crippen molar-refractivity contribution in [3.8, 4) is 0 Å². The molecule has 1 fully saturated rings. The van der Waals surface area contributed by atoms with E-state index in [1.807, 2.05) is 6.07 Å². The maximum Gasteiger partial charge on any atom is 0.0426 e. The van der Waals surface area contributed by atoms with Crippen LogP contribution < -0.4 is 4.90 Å². The van der Waals surface area contributed by atoms with Gasteiger partial charge in [0.15, 0.2) is 0 Å². The van der Waals surface area contributed by atoms with Crippen LogP contribution in [0.15, 0.2) is 18.2 Å². The van der Waals surface area contributed by atoms with Crippen LogP contribution >= 0.6 is 27.5 Å². The fraction of sp³-hybridized carbons (Fsp3) is 0.625.